The highest BCUT2D eigenvalue weighted by molar-refractivity contribution is 7.14. The molecule has 0 aliphatic carbocycles. The quantitative estimate of drug-likeness (QED) is 0.394. The number of hydrogen-bond acceptors (Lipinski definition) is 5. The minimum atomic E-state index is -0.289. The summed E-state index contributed by atoms with van der Waals surface area (Å²) in [6, 6.07) is 1.81. The van der Waals surface area contributed by atoms with Gasteiger partial charge in [-0.3, -0.25) is 19.9 Å². The number of likely N-dealkylation sites (N-methyl/N-ethyl adjacent to an activating group) is 2. The topological polar surface area (TPSA) is 87.5 Å². The molecule has 0 saturated heterocycles. The third-order valence-electron chi connectivity index (χ3n) is 2.51. The van der Waals surface area contributed by atoms with Crippen molar-refractivity contribution in [3.05, 3.63) is 21.4 Å². The number of nitrogens with two attached hydrogens (primary N) is 1. The summed E-state index contributed by atoms with van der Waals surface area (Å²) in [7, 11) is 3.46. The number of carbonyl (C=O) groups is 2. The number of nitrogen functional groups attached to an aromatic ring is 1. The van der Waals surface area contributed by atoms with E-state index in [-0.39, 0.29) is 11.8 Å². The lowest BCUT2D eigenvalue weighted by atomic mass is 10.2. The smallest absolute Gasteiger partial charge is 0.275 e. The molecule has 0 aliphatic rings. The third-order valence-corrected chi connectivity index (χ3v) is 3.60. The first-order valence-electron chi connectivity index (χ1n) is 5.47. The van der Waals surface area contributed by atoms with E-state index in [2.05, 4.69) is 10.7 Å². The van der Waals surface area contributed by atoms with Crippen LogP contribution in [0.1, 0.15) is 20.1 Å². The van der Waals surface area contributed by atoms with Crippen molar-refractivity contribution in [3.8, 4) is 0 Å². The zero-order chi connectivity index (χ0) is 13.7. The van der Waals surface area contributed by atoms with Gasteiger partial charge < -0.3 is 5.32 Å². The molecule has 4 N–H and O–H groups in total. The number of nitrogens with zero attached hydrogens (tertiary/aromatic N) is 1. The number of hydrogen-bond donors (Lipinski definition) is 3. The predicted molar refractivity (Wildman–Crippen MR) is 71.1 cm³/mol. The Balaban J connectivity index is 2.70. The van der Waals surface area contributed by atoms with Crippen LogP contribution in [0.3, 0.4) is 0 Å². The summed E-state index contributed by atoms with van der Waals surface area (Å²) in [4.78, 5) is 26.1. The number of amides is 2. The summed E-state index contributed by atoms with van der Waals surface area (Å²) >= 11 is 1.39. The summed E-state index contributed by atoms with van der Waals surface area (Å²) in [6.45, 7) is 2.89. The Kier molecular flexibility index (Phi) is 5.26. The molecule has 6 nitrogen and oxygen atoms in total. The first-order valence-corrected chi connectivity index (χ1v) is 6.29. The van der Waals surface area contributed by atoms with Crippen LogP contribution in [0.5, 0.6) is 0 Å². The molecule has 1 aromatic rings. The summed E-state index contributed by atoms with van der Waals surface area (Å²) < 4.78 is 0. The number of thiophene rings is 1. The molecular formula is C11H18N4O2S. The fourth-order valence-electron chi connectivity index (χ4n) is 1.53. The first-order chi connectivity index (χ1) is 8.47. The Morgan fingerprint density at radius 3 is 2.72 bits per heavy atom. The molecule has 0 radical (unpaired) electrons. The van der Waals surface area contributed by atoms with Crippen LogP contribution in [-0.4, -0.2) is 37.4 Å². The van der Waals surface area contributed by atoms with Gasteiger partial charge in [-0.2, -0.15) is 0 Å². The maximum atomic E-state index is 11.4. The molecule has 1 aromatic heterocycles. The van der Waals surface area contributed by atoms with E-state index in [4.69, 9.17) is 5.84 Å². The van der Waals surface area contributed by atoms with Gasteiger partial charge in [0.25, 0.3) is 5.91 Å². The van der Waals surface area contributed by atoms with Gasteiger partial charge in [-0.25, -0.2) is 5.84 Å². The highest BCUT2D eigenvalue weighted by Crippen LogP contribution is 2.22. The van der Waals surface area contributed by atoms with Crippen LogP contribution in [-0.2, 0) is 11.3 Å². The molecule has 0 spiro atoms. The second kappa shape index (κ2) is 6.48. The van der Waals surface area contributed by atoms with Crippen LogP contribution in [0.4, 0.5) is 0 Å². The number of hydrazine groups is 1. The predicted octanol–water partition coefficient (Wildman–Crippen LogP) is -0.162. The van der Waals surface area contributed by atoms with Gasteiger partial charge in [-0.1, -0.05) is 0 Å². The summed E-state index contributed by atoms with van der Waals surface area (Å²) in [6.07, 6.45) is 0. The van der Waals surface area contributed by atoms with Crippen molar-refractivity contribution in [2.75, 3.05) is 20.6 Å². The van der Waals surface area contributed by atoms with Crippen molar-refractivity contribution in [2.24, 2.45) is 5.84 Å². The van der Waals surface area contributed by atoms with E-state index in [0.29, 0.717) is 18.0 Å². The summed E-state index contributed by atoms with van der Waals surface area (Å²) in [5, 5.41) is 2.57. The van der Waals surface area contributed by atoms with Crippen LogP contribution in [0.2, 0.25) is 0 Å². The Morgan fingerprint density at radius 1 is 1.50 bits per heavy atom. The largest absolute Gasteiger partial charge is 0.358 e. The standard InChI is InChI=1S/C11H18N4O2S/c1-7-8(4-9(18-7)11(17)14-12)5-15(3)6-10(16)13-2/h4H,5-6,12H2,1-3H3,(H,13,16)(H,14,17). The maximum absolute atomic E-state index is 11.4. The monoisotopic (exact) mass is 270 g/mol. The first kappa shape index (κ1) is 14.6. The highest BCUT2D eigenvalue weighted by Gasteiger charge is 2.13. The van der Waals surface area contributed by atoms with Gasteiger partial charge in [-0.15, -0.1) is 11.3 Å². The van der Waals surface area contributed by atoms with Gasteiger partial charge in [0.2, 0.25) is 5.91 Å². The van der Waals surface area contributed by atoms with E-state index in [1.807, 2.05) is 24.9 Å². The molecule has 100 valence electrons. The van der Waals surface area contributed by atoms with Gasteiger partial charge >= 0.3 is 0 Å². The van der Waals surface area contributed by atoms with Crippen LogP contribution in [0, 0.1) is 6.92 Å². The molecule has 1 heterocycles. The molecule has 0 aromatic carbocycles. The Labute approximate surface area is 110 Å². The van der Waals surface area contributed by atoms with Crippen molar-refractivity contribution in [1.82, 2.24) is 15.6 Å². The molecule has 18 heavy (non-hydrogen) atoms. The van der Waals surface area contributed by atoms with Crippen molar-refractivity contribution in [1.29, 1.82) is 0 Å². The summed E-state index contributed by atoms with van der Waals surface area (Å²) in [5.41, 5.74) is 3.14. The van der Waals surface area contributed by atoms with Crippen LogP contribution in [0.15, 0.2) is 6.07 Å². The molecule has 0 saturated carbocycles. The second-order valence-corrected chi connectivity index (χ2v) is 5.27. The SMILES string of the molecule is CNC(=O)CN(C)Cc1cc(C(=O)NN)sc1C. The van der Waals surface area contributed by atoms with E-state index in [9.17, 15) is 9.59 Å². The fourth-order valence-corrected chi connectivity index (χ4v) is 2.47. The van der Waals surface area contributed by atoms with Crippen LogP contribution in [0.25, 0.3) is 0 Å². The van der Waals surface area contributed by atoms with E-state index >= 15 is 0 Å². The molecule has 0 unspecified atom stereocenters. The zero-order valence-corrected chi connectivity index (χ0v) is 11.6. The van der Waals surface area contributed by atoms with Gasteiger partial charge in [0, 0.05) is 18.5 Å². The fraction of sp³-hybridized carbons (Fsp3) is 0.455. The van der Waals surface area contributed by atoms with Gasteiger partial charge in [-0.05, 0) is 25.6 Å². The Hall–Kier alpha value is -1.44. The molecule has 0 bridgehead atoms. The lowest BCUT2D eigenvalue weighted by molar-refractivity contribution is -0.121. The van der Waals surface area contributed by atoms with E-state index < -0.39 is 0 Å². The lowest BCUT2D eigenvalue weighted by Gasteiger charge is -2.15. The molecule has 0 aliphatic heterocycles. The second-order valence-electron chi connectivity index (χ2n) is 4.01. The molecular weight excluding hydrogens is 252 g/mol. The van der Waals surface area contributed by atoms with E-state index in [0.717, 1.165) is 10.4 Å². The van der Waals surface area contributed by atoms with Crippen molar-refractivity contribution < 1.29 is 9.59 Å². The number of nitrogens with one attached hydrogen (secondary N) is 2. The van der Waals surface area contributed by atoms with Crippen molar-refractivity contribution >= 4 is 23.2 Å². The highest BCUT2D eigenvalue weighted by atomic mass is 32.1. The molecule has 2 amide bonds. The maximum Gasteiger partial charge on any atom is 0.275 e. The van der Waals surface area contributed by atoms with E-state index in [1.165, 1.54) is 11.3 Å². The minimum Gasteiger partial charge on any atom is -0.358 e. The normalized spacial score (nSPS) is 10.5. The van der Waals surface area contributed by atoms with Crippen molar-refractivity contribution in [3.63, 3.8) is 0 Å². The Bertz CT molecular complexity index is 444. The third kappa shape index (κ3) is 3.80. The zero-order valence-electron chi connectivity index (χ0n) is 10.7. The number of aryl methyl sites for hydroxylation is 1. The molecule has 1 rings (SSSR count). The molecule has 7 heteroatoms. The average Bonchev–Trinajstić information content (AvgIpc) is 2.69. The van der Waals surface area contributed by atoms with Gasteiger partial charge in [0.05, 0.1) is 11.4 Å². The number of carbonyl (C=O) groups excluding carboxylic acids is 2. The minimum absolute atomic E-state index is 0.0368. The van der Waals surface area contributed by atoms with Crippen LogP contribution < -0.4 is 16.6 Å². The van der Waals surface area contributed by atoms with Crippen molar-refractivity contribution in [2.45, 2.75) is 13.5 Å². The van der Waals surface area contributed by atoms with E-state index in [1.54, 1.807) is 7.05 Å². The molecule has 0 atom stereocenters. The summed E-state index contributed by atoms with van der Waals surface area (Å²) in [5.74, 6) is 4.77. The van der Waals surface area contributed by atoms with Gasteiger partial charge in [0.1, 0.15) is 0 Å². The lowest BCUT2D eigenvalue weighted by Crippen LogP contribution is -2.32. The molecule has 0 fully saturated rings. The van der Waals surface area contributed by atoms with Crippen LogP contribution >= 0.6 is 11.3 Å². The van der Waals surface area contributed by atoms with Gasteiger partial charge in [0.15, 0.2) is 0 Å². The Morgan fingerprint density at radius 2 is 2.17 bits per heavy atom. The average molecular weight is 270 g/mol. The number of rotatable bonds is 5.